The van der Waals surface area contributed by atoms with Crippen LogP contribution >= 0.6 is 0 Å². The van der Waals surface area contributed by atoms with Crippen LogP contribution in [0.5, 0.6) is 46.0 Å². The summed E-state index contributed by atoms with van der Waals surface area (Å²) in [6, 6.07) is 33.1. The summed E-state index contributed by atoms with van der Waals surface area (Å²) < 4.78 is 6.19. The molecular formula is C42H26O9. The SMILES string of the molecule is Oc1c(O)c(O)c2c(-c3cccc(-c4ccc5oc6cc7ccccc7cc6c5c4)c3)c3c(O)c(O)c(O)c(O)c3c(-c3ccccc3)c2c1O. The molecular weight excluding hydrogens is 648 g/mol. The Kier molecular flexibility index (Phi) is 6.21. The van der Waals surface area contributed by atoms with Crippen molar-refractivity contribution in [1.29, 1.82) is 0 Å². The van der Waals surface area contributed by atoms with E-state index in [9.17, 15) is 40.9 Å². The van der Waals surface area contributed by atoms with Crippen molar-refractivity contribution in [3.8, 4) is 79.4 Å². The van der Waals surface area contributed by atoms with Crippen molar-refractivity contribution in [2.45, 2.75) is 0 Å². The molecule has 0 saturated carbocycles. The average molecular weight is 675 g/mol. The van der Waals surface area contributed by atoms with Crippen LogP contribution in [0.4, 0.5) is 0 Å². The molecule has 0 aliphatic rings. The van der Waals surface area contributed by atoms with Gasteiger partial charge >= 0.3 is 0 Å². The zero-order valence-corrected chi connectivity index (χ0v) is 26.4. The lowest BCUT2D eigenvalue weighted by atomic mass is 9.83. The van der Waals surface area contributed by atoms with E-state index in [1.165, 1.54) is 0 Å². The highest BCUT2D eigenvalue weighted by molar-refractivity contribution is 6.29. The van der Waals surface area contributed by atoms with Gasteiger partial charge in [-0.3, -0.25) is 0 Å². The van der Waals surface area contributed by atoms with Crippen LogP contribution < -0.4 is 0 Å². The molecule has 0 fully saturated rings. The summed E-state index contributed by atoms with van der Waals surface area (Å²) in [6.07, 6.45) is 0. The number of benzene rings is 8. The van der Waals surface area contributed by atoms with Crippen molar-refractivity contribution < 1.29 is 45.3 Å². The average Bonchev–Trinajstić information content (AvgIpc) is 3.52. The van der Waals surface area contributed by atoms with Gasteiger partial charge in [0.05, 0.1) is 0 Å². The second kappa shape index (κ2) is 10.6. The highest BCUT2D eigenvalue weighted by Gasteiger charge is 2.32. The Hall–Kier alpha value is -7.26. The van der Waals surface area contributed by atoms with E-state index in [0.717, 1.165) is 32.7 Å². The number of rotatable bonds is 3. The molecule has 8 aromatic carbocycles. The maximum absolute atomic E-state index is 11.5. The topological polar surface area (TPSA) is 175 Å². The summed E-state index contributed by atoms with van der Waals surface area (Å²) in [6.45, 7) is 0. The molecule has 51 heavy (non-hydrogen) atoms. The van der Waals surface area contributed by atoms with Crippen molar-refractivity contribution in [2.24, 2.45) is 0 Å². The van der Waals surface area contributed by atoms with Gasteiger partial charge in [-0.05, 0) is 63.4 Å². The van der Waals surface area contributed by atoms with Crippen LogP contribution in [-0.4, -0.2) is 40.9 Å². The maximum atomic E-state index is 11.5. The lowest BCUT2D eigenvalue weighted by Gasteiger charge is -2.22. The predicted molar refractivity (Wildman–Crippen MR) is 196 cm³/mol. The van der Waals surface area contributed by atoms with E-state index < -0.39 is 46.0 Å². The molecule has 9 aromatic rings. The molecule has 0 unspecified atom stereocenters. The van der Waals surface area contributed by atoms with Gasteiger partial charge in [-0.2, -0.15) is 0 Å². The first kappa shape index (κ1) is 29.8. The first-order valence-electron chi connectivity index (χ1n) is 15.9. The number of hydrogen-bond donors (Lipinski definition) is 8. The van der Waals surface area contributed by atoms with Gasteiger partial charge in [0.25, 0.3) is 0 Å². The van der Waals surface area contributed by atoms with E-state index >= 15 is 0 Å². The summed E-state index contributed by atoms with van der Waals surface area (Å²) >= 11 is 0. The molecule has 0 spiro atoms. The number of phenols is 8. The van der Waals surface area contributed by atoms with E-state index in [1.54, 1.807) is 48.5 Å². The number of furan rings is 1. The van der Waals surface area contributed by atoms with Crippen LogP contribution in [0.3, 0.4) is 0 Å². The van der Waals surface area contributed by atoms with Crippen LogP contribution in [0.25, 0.3) is 87.6 Å². The van der Waals surface area contributed by atoms with E-state index in [2.05, 4.69) is 6.07 Å². The zero-order valence-electron chi connectivity index (χ0n) is 26.4. The molecule has 0 aliphatic heterocycles. The Labute approximate surface area is 287 Å². The van der Waals surface area contributed by atoms with Gasteiger partial charge in [0.2, 0.25) is 23.0 Å². The van der Waals surface area contributed by atoms with Gasteiger partial charge < -0.3 is 45.3 Å². The summed E-state index contributed by atoms with van der Waals surface area (Å²) in [7, 11) is 0. The van der Waals surface area contributed by atoms with E-state index in [0.29, 0.717) is 22.3 Å². The Bertz CT molecular complexity index is 2860. The minimum atomic E-state index is -1.02. The largest absolute Gasteiger partial charge is 0.504 e. The van der Waals surface area contributed by atoms with E-state index in [1.807, 2.05) is 54.6 Å². The molecule has 0 saturated heterocycles. The summed E-state index contributed by atoms with van der Waals surface area (Å²) in [5.74, 6) is -7.38. The van der Waals surface area contributed by atoms with Gasteiger partial charge in [0.1, 0.15) is 11.2 Å². The fourth-order valence-corrected chi connectivity index (χ4v) is 7.30. The molecule has 0 aliphatic carbocycles. The minimum Gasteiger partial charge on any atom is -0.504 e. The fraction of sp³-hybridized carbons (Fsp3) is 0. The second-order valence-corrected chi connectivity index (χ2v) is 12.5. The lowest BCUT2D eigenvalue weighted by molar-refractivity contribution is 0.350. The molecule has 0 bridgehead atoms. The van der Waals surface area contributed by atoms with Crippen molar-refractivity contribution in [3.05, 3.63) is 109 Å². The Balaban J connectivity index is 1.38. The molecule has 9 nitrogen and oxygen atoms in total. The third-order valence-electron chi connectivity index (χ3n) is 9.68. The molecule has 9 heteroatoms. The van der Waals surface area contributed by atoms with E-state index in [4.69, 9.17) is 4.42 Å². The molecule has 9 rings (SSSR count). The summed E-state index contributed by atoms with van der Waals surface area (Å²) in [4.78, 5) is 0. The van der Waals surface area contributed by atoms with Gasteiger partial charge in [-0.1, -0.05) is 78.9 Å². The predicted octanol–water partition coefficient (Wildman–Crippen LogP) is 9.69. The van der Waals surface area contributed by atoms with Crippen molar-refractivity contribution in [1.82, 2.24) is 0 Å². The smallest absolute Gasteiger partial charge is 0.204 e. The van der Waals surface area contributed by atoms with Crippen LogP contribution in [0.15, 0.2) is 114 Å². The third kappa shape index (κ3) is 4.15. The van der Waals surface area contributed by atoms with Crippen molar-refractivity contribution in [3.63, 3.8) is 0 Å². The van der Waals surface area contributed by atoms with E-state index in [-0.39, 0.29) is 32.7 Å². The monoisotopic (exact) mass is 674 g/mol. The fourth-order valence-electron chi connectivity index (χ4n) is 7.30. The Morgan fingerprint density at radius 2 is 0.765 bits per heavy atom. The number of phenolic OH excluding ortho intramolecular Hbond substituents is 8. The zero-order chi connectivity index (χ0) is 35.3. The number of aromatic hydroxyl groups is 8. The van der Waals surface area contributed by atoms with Gasteiger partial charge in [-0.25, -0.2) is 0 Å². The van der Waals surface area contributed by atoms with Crippen molar-refractivity contribution in [2.75, 3.05) is 0 Å². The standard InChI is InChI=1S/C42H26O9/c43-35-31-29(19-7-2-1-3-8-19)32-34(38(46)42(50)40(48)36(32)44)30(33(31)37(45)41(49)39(35)47)24-12-6-11-20(15-24)23-13-14-27-25(17-23)26-16-21-9-4-5-10-22(21)18-28(26)51-27/h1-18,43-50H. The molecule has 248 valence electrons. The maximum Gasteiger partial charge on any atom is 0.204 e. The quantitative estimate of drug-likeness (QED) is 0.0515. The second-order valence-electron chi connectivity index (χ2n) is 12.5. The summed E-state index contributed by atoms with van der Waals surface area (Å²) in [5, 5.41) is 92.0. The van der Waals surface area contributed by atoms with Crippen molar-refractivity contribution >= 4 is 54.3 Å². The third-order valence-corrected chi connectivity index (χ3v) is 9.68. The van der Waals surface area contributed by atoms with Gasteiger partial charge in [-0.15, -0.1) is 0 Å². The minimum absolute atomic E-state index is 0.00323. The molecule has 1 aromatic heterocycles. The normalized spacial score (nSPS) is 11.8. The van der Waals surface area contributed by atoms with Gasteiger partial charge in [0.15, 0.2) is 23.0 Å². The van der Waals surface area contributed by atoms with Crippen LogP contribution in [-0.2, 0) is 0 Å². The highest BCUT2D eigenvalue weighted by Crippen LogP contribution is 2.61. The van der Waals surface area contributed by atoms with Crippen LogP contribution in [0, 0.1) is 0 Å². The number of fused-ring (bicyclic) bond motifs is 6. The summed E-state index contributed by atoms with van der Waals surface area (Å²) in [5.41, 5.74) is 3.56. The Morgan fingerprint density at radius 3 is 1.35 bits per heavy atom. The first-order valence-corrected chi connectivity index (χ1v) is 15.9. The van der Waals surface area contributed by atoms with Crippen LogP contribution in [0.2, 0.25) is 0 Å². The molecule has 0 radical (unpaired) electrons. The Morgan fingerprint density at radius 1 is 0.314 bits per heavy atom. The molecule has 0 atom stereocenters. The first-order chi connectivity index (χ1) is 24.6. The molecule has 1 heterocycles. The molecule has 0 amide bonds. The highest BCUT2D eigenvalue weighted by atomic mass is 16.4. The van der Waals surface area contributed by atoms with Gasteiger partial charge in [0, 0.05) is 43.4 Å². The van der Waals surface area contributed by atoms with Crippen LogP contribution in [0.1, 0.15) is 0 Å². The number of hydrogen-bond acceptors (Lipinski definition) is 9. The molecule has 8 N–H and O–H groups in total. The lowest BCUT2D eigenvalue weighted by Crippen LogP contribution is -1.94.